The van der Waals surface area contributed by atoms with Gasteiger partial charge in [-0.3, -0.25) is 0 Å². The van der Waals surface area contributed by atoms with Gasteiger partial charge in [-0.05, 0) is 35.2 Å². The van der Waals surface area contributed by atoms with Gasteiger partial charge in [-0.2, -0.15) is 0 Å². The van der Waals surface area contributed by atoms with E-state index in [-0.39, 0.29) is 0 Å². The topological polar surface area (TPSA) is 65.5 Å². The van der Waals surface area contributed by atoms with Crippen LogP contribution < -0.4 is 19.5 Å². The maximum atomic E-state index is 5.38. The highest BCUT2D eigenvalue weighted by molar-refractivity contribution is 7.17. The van der Waals surface area contributed by atoms with Gasteiger partial charge in [0.1, 0.15) is 5.82 Å². The minimum absolute atomic E-state index is 0.565. The van der Waals surface area contributed by atoms with Crippen molar-refractivity contribution in [2.45, 2.75) is 0 Å². The van der Waals surface area contributed by atoms with Gasteiger partial charge in [-0.15, -0.1) is 11.3 Å². The zero-order valence-corrected chi connectivity index (χ0v) is 15.3. The van der Waals surface area contributed by atoms with E-state index in [1.165, 1.54) is 0 Å². The van der Waals surface area contributed by atoms with Crippen LogP contribution in [-0.4, -0.2) is 38.3 Å². The van der Waals surface area contributed by atoms with Crippen LogP contribution in [0.4, 0.5) is 5.82 Å². The number of thiophene rings is 1. The van der Waals surface area contributed by atoms with E-state index in [1.807, 2.05) is 42.8 Å². The summed E-state index contributed by atoms with van der Waals surface area (Å²) >= 11 is 1.62. The number of fused-ring (bicyclic) bond motifs is 1. The third-order valence-corrected chi connectivity index (χ3v) is 4.58. The van der Waals surface area contributed by atoms with Crippen LogP contribution in [0.3, 0.4) is 0 Å². The van der Waals surface area contributed by atoms with Crippen molar-refractivity contribution in [1.82, 2.24) is 9.97 Å². The van der Waals surface area contributed by atoms with Crippen LogP contribution in [0, 0.1) is 0 Å². The van der Waals surface area contributed by atoms with Crippen LogP contribution in [0.15, 0.2) is 23.6 Å². The van der Waals surface area contributed by atoms with Gasteiger partial charge in [0.15, 0.2) is 17.3 Å². The van der Waals surface area contributed by atoms with E-state index in [4.69, 9.17) is 14.2 Å². The number of anilines is 1. The molecule has 130 valence electrons. The lowest BCUT2D eigenvalue weighted by Gasteiger charge is -2.12. The summed E-state index contributed by atoms with van der Waals surface area (Å²) in [6.07, 6.45) is 3.77. The number of rotatable bonds is 6. The molecule has 3 rings (SSSR count). The Hall–Kier alpha value is -2.80. The summed E-state index contributed by atoms with van der Waals surface area (Å²) in [4.78, 5) is 9.10. The van der Waals surface area contributed by atoms with Crippen molar-refractivity contribution in [2.75, 3.05) is 33.7 Å². The van der Waals surface area contributed by atoms with Crippen molar-refractivity contribution >= 4 is 39.5 Å². The van der Waals surface area contributed by atoms with E-state index in [1.54, 1.807) is 32.7 Å². The first-order chi connectivity index (χ1) is 12.2. The van der Waals surface area contributed by atoms with Crippen LogP contribution in [-0.2, 0) is 0 Å². The first-order valence-corrected chi connectivity index (χ1v) is 8.49. The van der Waals surface area contributed by atoms with Crippen molar-refractivity contribution in [1.29, 1.82) is 0 Å². The van der Waals surface area contributed by atoms with E-state index in [0.29, 0.717) is 23.1 Å². The first-order valence-electron chi connectivity index (χ1n) is 7.61. The average Bonchev–Trinajstić information content (AvgIpc) is 3.13. The number of methoxy groups -OCH3 is 3. The van der Waals surface area contributed by atoms with Crippen LogP contribution in [0.2, 0.25) is 0 Å². The van der Waals surface area contributed by atoms with Gasteiger partial charge in [-0.1, -0.05) is 6.08 Å². The summed E-state index contributed by atoms with van der Waals surface area (Å²) < 4.78 is 17.1. The molecule has 7 heteroatoms. The Bertz CT molecular complexity index is 896. The van der Waals surface area contributed by atoms with E-state index in [9.17, 15) is 0 Å². The summed E-state index contributed by atoms with van der Waals surface area (Å²) in [5, 5.41) is 5.12. The minimum Gasteiger partial charge on any atom is -0.493 e. The lowest BCUT2D eigenvalue weighted by Crippen LogP contribution is -1.97. The van der Waals surface area contributed by atoms with Gasteiger partial charge in [0, 0.05) is 7.05 Å². The summed E-state index contributed by atoms with van der Waals surface area (Å²) in [6, 6.07) is 5.74. The Morgan fingerprint density at radius 2 is 1.72 bits per heavy atom. The molecule has 0 amide bonds. The number of aromatic nitrogens is 2. The SMILES string of the molecule is CNc1nc(/C=C/c2cc(OC)c(OC)c(OC)c2)nc2ccsc12. The average molecular weight is 357 g/mol. The molecule has 0 saturated heterocycles. The fourth-order valence-electron chi connectivity index (χ4n) is 2.49. The largest absolute Gasteiger partial charge is 0.493 e. The normalized spacial score (nSPS) is 11.0. The molecule has 0 fully saturated rings. The van der Waals surface area contributed by atoms with E-state index in [0.717, 1.165) is 21.6 Å². The predicted molar refractivity (Wildman–Crippen MR) is 102 cm³/mol. The Morgan fingerprint density at radius 1 is 1.00 bits per heavy atom. The second kappa shape index (κ2) is 7.40. The maximum absolute atomic E-state index is 5.38. The van der Waals surface area contributed by atoms with Crippen molar-refractivity contribution < 1.29 is 14.2 Å². The highest BCUT2D eigenvalue weighted by Gasteiger charge is 2.12. The molecule has 0 aliphatic rings. The monoisotopic (exact) mass is 357 g/mol. The molecule has 1 aromatic carbocycles. The molecular formula is C18H19N3O3S. The zero-order chi connectivity index (χ0) is 17.8. The fraction of sp³-hybridized carbons (Fsp3) is 0.222. The molecule has 0 aliphatic heterocycles. The molecule has 6 nitrogen and oxygen atoms in total. The molecule has 25 heavy (non-hydrogen) atoms. The highest BCUT2D eigenvalue weighted by atomic mass is 32.1. The number of ether oxygens (including phenoxy) is 3. The molecule has 3 aromatic rings. The summed E-state index contributed by atoms with van der Waals surface area (Å²) in [7, 11) is 6.63. The molecule has 1 N–H and O–H groups in total. The Balaban J connectivity index is 1.99. The summed E-state index contributed by atoms with van der Waals surface area (Å²) in [6.45, 7) is 0. The van der Waals surface area contributed by atoms with E-state index < -0.39 is 0 Å². The van der Waals surface area contributed by atoms with Gasteiger partial charge in [0.05, 0.1) is 31.5 Å². The summed E-state index contributed by atoms with van der Waals surface area (Å²) in [5.74, 6) is 3.22. The van der Waals surface area contributed by atoms with Crippen molar-refractivity contribution in [2.24, 2.45) is 0 Å². The number of hydrogen-bond donors (Lipinski definition) is 1. The Labute approximate surface area is 150 Å². The van der Waals surface area contributed by atoms with Crippen molar-refractivity contribution in [3.63, 3.8) is 0 Å². The molecule has 2 aromatic heterocycles. The third-order valence-electron chi connectivity index (χ3n) is 3.67. The second-order valence-electron chi connectivity index (χ2n) is 5.11. The smallest absolute Gasteiger partial charge is 0.203 e. The third kappa shape index (κ3) is 3.36. The fourth-order valence-corrected chi connectivity index (χ4v) is 3.32. The first kappa shape index (κ1) is 17.0. The van der Waals surface area contributed by atoms with Crippen LogP contribution >= 0.6 is 11.3 Å². The molecule has 0 saturated carbocycles. The Kier molecular flexibility index (Phi) is 5.04. The Morgan fingerprint density at radius 3 is 2.32 bits per heavy atom. The number of nitrogens with zero attached hydrogens (tertiary/aromatic N) is 2. The number of nitrogens with one attached hydrogen (secondary N) is 1. The van der Waals surface area contributed by atoms with E-state index >= 15 is 0 Å². The number of benzene rings is 1. The molecule has 0 radical (unpaired) electrons. The standard InChI is InChI=1S/C18H19N3O3S/c1-19-18-17-12(7-8-25-17)20-15(21-18)6-5-11-9-13(22-2)16(24-4)14(10-11)23-3/h5-10H,1-4H3,(H,19,20,21)/b6-5+. The van der Waals surface area contributed by atoms with Crippen molar-refractivity contribution in [3.05, 3.63) is 35.0 Å². The summed E-state index contributed by atoms with van der Waals surface area (Å²) in [5.41, 5.74) is 1.82. The second-order valence-corrected chi connectivity index (χ2v) is 6.02. The van der Waals surface area contributed by atoms with Crippen LogP contribution in [0.5, 0.6) is 17.2 Å². The molecule has 0 unspecified atom stereocenters. The molecule has 2 heterocycles. The van der Waals surface area contributed by atoms with Crippen molar-refractivity contribution in [3.8, 4) is 17.2 Å². The molecule has 0 bridgehead atoms. The van der Waals surface area contributed by atoms with E-state index in [2.05, 4.69) is 15.3 Å². The zero-order valence-electron chi connectivity index (χ0n) is 14.5. The highest BCUT2D eigenvalue weighted by Crippen LogP contribution is 2.38. The van der Waals surface area contributed by atoms with Crippen LogP contribution in [0.1, 0.15) is 11.4 Å². The molecule has 0 atom stereocenters. The quantitative estimate of drug-likeness (QED) is 0.721. The maximum Gasteiger partial charge on any atom is 0.203 e. The molecule has 0 spiro atoms. The van der Waals surface area contributed by atoms with Gasteiger partial charge < -0.3 is 19.5 Å². The van der Waals surface area contributed by atoms with Crippen LogP contribution in [0.25, 0.3) is 22.4 Å². The van der Waals surface area contributed by atoms with Gasteiger partial charge >= 0.3 is 0 Å². The molecule has 0 aliphatic carbocycles. The lowest BCUT2D eigenvalue weighted by molar-refractivity contribution is 0.324. The number of hydrogen-bond acceptors (Lipinski definition) is 7. The van der Waals surface area contributed by atoms with Gasteiger partial charge in [0.25, 0.3) is 0 Å². The minimum atomic E-state index is 0.565. The molecular weight excluding hydrogens is 338 g/mol. The predicted octanol–water partition coefficient (Wildman–Crippen LogP) is 3.93. The lowest BCUT2D eigenvalue weighted by atomic mass is 10.1. The van der Waals surface area contributed by atoms with Gasteiger partial charge in [0.2, 0.25) is 5.75 Å². The van der Waals surface area contributed by atoms with Gasteiger partial charge in [-0.25, -0.2) is 9.97 Å².